The van der Waals surface area contributed by atoms with Gasteiger partial charge in [-0.3, -0.25) is 4.90 Å². The van der Waals surface area contributed by atoms with Gasteiger partial charge in [-0.2, -0.15) is 13.2 Å². The number of likely N-dealkylation sites (tertiary alicyclic amines) is 1. The third-order valence-electron chi connectivity index (χ3n) is 5.08. The Labute approximate surface area is 170 Å². The summed E-state index contributed by atoms with van der Waals surface area (Å²) in [6.07, 6.45) is -4.19. The zero-order valence-corrected chi connectivity index (χ0v) is 16.3. The van der Waals surface area contributed by atoms with E-state index in [0.29, 0.717) is 0 Å². The molecule has 1 atom stereocenters. The highest BCUT2D eigenvalue weighted by atomic mass is 35.5. The minimum Gasteiger partial charge on any atom is -0.465 e. The second-order valence-electron chi connectivity index (χ2n) is 7.06. The van der Waals surface area contributed by atoms with Gasteiger partial charge in [-0.05, 0) is 68.4 Å². The van der Waals surface area contributed by atoms with Crippen LogP contribution in [0.25, 0.3) is 11.1 Å². The van der Waals surface area contributed by atoms with Crippen LogP contribution in [0.3, 0.4) is 0 Å². The monoisotopic (exact) mass is 430 g/mol. The molecule has 0 spiro atoms. The van der Waals surface area contributed by atoms with Gasteiger partial charge in [0.2, 0.25) is 0 Å². The normalized spacial score (nSPS) is 17.5. The largest absolute Gasteiger partial charge is 0.465 e. The van der Waals surface area contributed by atoms with E-state index in [1.54, 1.807) is 0 Å². The third-order valence-corrected chi connectivity index (χ3v) is 5.30. The van der Waals surface area contributed by atoms with Gasteiger partial charge in [0.05, 0.1) is 11.3 Å². The number of carbonyl (C=O) groups is 1. The molecule has 1 amide bonds. The summed E-state index contributed by atoms with van der Waals surface area (Å²) in [5, 5.41) is 9.58. The molecule has 0 unspecified atom stereocenters. The number of likely N-dealkylation sites (N-methyl/N-ethyl adjacent to an activating group) is 1. The maximum Gasteiger partial charge on any atom is 0.416 e. The second kappa shape index (κ2) is 8.20. The molecule has 4 nitrogen and oxygen atoms in total. The van der Waals surface area contributed by atoms with Gasteiger partial charge in [0.25, 0.3) is 0 Å². The highest BCUT2D eigenvalue weighted by Crippen LogP contribution is 2.38. The van der Waals surface area contributed by atoms with Crippen molar-refractivity contribution in [1.82, 2.24) is 4.90 Å². The van der Waals surface area contributed by atoms with Crippen LogP contribution in [0.5, 0.6) is 0 Å². The first kappa shape index (κ1) is 21.4. The standard InChI is InChI=1S/C20H19ClF4N2O2/c1-26-6-2-3-16(26)11-27(19(28)29)18-5-4-15(22)10-17(18)12-7-13(20(23,24)25)9-14(21)8-12/h4-5,7-10,16H,2-3,6,11H2,1H3,(H,28,29)/t16-/m0/s1. The topological polar surface area (TPSA) is 43.8 Å². The Hall–Kier alpha value is -2.32. The smallest absolute Gasteiger partial charge is 0.416 e. The van der Waals surface area contributed by atoms with Gasteiger partial charge in [-0.15, -0.1) is 0 Å². The zero-order chi connectivity index (χ0) is 21.3. The molecule has 0 aliphatic carbocycles. The van der Waals surface area contributed by atoms with Crippen molar-refractivity contribution in [2.24, 2.45) is 0 Å². The lowest BCUT2D eigenvalue weighted by molar-refractivity contribution is -0.137. The van der Waals surface area contributed by atoms with E-state index in [9.17, 15) is 27.5 Å². The maximum absolute atomic E-state index is 14.0. The van der Waals surface area contributed by atoms with Crippen molar-refractivity contribution in [1.29, 1.82) is 0 Å². The van der Waals surface area contributed by atoms with Crippen LogP contribution in [-0.2, 0) is 6.18 Å². The maximum atomic E-state index is 14.0. The SMILES string of the molecule is CN1CCC[C@H]1CN(C(=O)O)c1ccc(F)cc1-c1cc(Cl)cc(C(F)(F)F)c1. The van der Waals surface area contributed by atoms with Crippen molar-refractivity contribution in [3.8, 4) is 11.1 Å². The van der Waals surface area contributed by atoms with E-state index in [0.717, 1.165) is 48.6 Å². The van der Waals surface area contributed by atoms with E-state index < -0.39 is 23.7 Å². The van der Waals surface area contributed by atoms with Gasteiger partial charge in [0.15, 0.2) is 0 Å². The molecule has 0 radical (unpaired) electrons. The Morgan fingerprint density at radius 3 is 2.59 bits per heavy atom. The number of benzene rings is 2. The molecule has 9 heteroatoms. The van der Waals surface area contributed by atoms with Crippen molar-refractivity contribution >= 4 is 23.4 Å². The molecule has 0 saturated carbocycles. The molecule has 2 aromatic rings. The fourth-order valence-corrected chi connectivity index (χ4v) is 3.82. The number of rotatable bonds is 4. The summed E-state index contributed by atoms with van der Waals surface area (Å²) in [5.41, 5.74) is -0.867. The van der Waals surface area contributed by atoms with E-state index >= 15 is 0 Å². The lowest BCUT2D eigenvalue weighted by Crippen LogP contribution is -2.41. The first-order valence-electron chi connectivity index (χ1n) is 8.94. The van der Waals surface area contributed by atoms with E-state index in [1.165, 1.54) is 12.1 Å². The summed E-state index contributed by atoms with van der Waals surface area (Å²) in [7, 11) is 1.88. The molecule has 1 fully saturated rings. The Kier molecular flexibility index (Phi) is 6.05. The number of anilines is 1. The number of nitrogens with zero attached hydrogens (tertiary/aromatic N) is 2. The summed E-state index contributed by atoms with van der Waals surface area (Å²) < 4.78 is 53.6. The molecule has 1 saturated heterocycles. The molecule has 0 aromatic heterocycles. The predicted octanol–water partition coefficient (Wildman–Crippen LogP) is 5.74. The van der Waals surface area contributed by atoms with E-state index in [-0.39, 0.29) is 34.4 Å². The average molecular weight is 431 g/mol. The van der Waals surface area contributed by atoms with Gasteiger partial charge >= 0.3 is 12.3 Å². The van der Waals surface area contributed by atoms with Crippen LogP contribution in [0.15, 0.2) is 36.4 Å². The molecule has 1 aliphatic rings. The molecule has 1 aliphatic heterocycles. The van der Waals surface area contributed by atoms with Gasteiger partial charge in [0.1, 0.15) is 5.82 Å². The van der Waals surface area contributed by atoms with Crippen LogP contribution in [-0.4, -0.2) is 42.3 Å². The van der Waals surface area contributed by atoms with Crippen molar-refractivity contribution in [3.63, 3.8) is 0 Å². The highest BCUT2D eigenvalue weighted by molar-refractivity contribution is 6.31. The first-order chi connectivity index (χ1) is 13.6. The number of halogens is 5. The van der Waals surface area contributed by atoms with Crippen LogP contribution < -0.4 is 4.90 Å². The third kappa shape index (κ3) is 4.82. The summed E-state index contributed by atoms with van der Waals surface area (Å²) in [4.78, 5) is 15.0. The summed E-state index contributed by atoms with van der Waals surface area (Å²) >= 11 is 5.87. The van der Waals surface area contributed by atoms with E-state index in [2.05, 4.69) is 0 Å². The van der Waals surface area contributed by atoms with Crippen LogP contribution >= 0.6 is 11.6 Å². The molecule has 1 heterocycles. The first-order valence-corrected chi connectivity index (χ1v) is 9.32. The molecule has 156 valence electrons. The fourth-order valence-electron chi connectivity index (χ4n) is 3.58. The summed E-state index contributed by atoms with van der Waals surface area (Å²) in [6.45, 7) is 0.953. The highest BCUT2D eigenvalue weighted by Gasteiger charge is 2.32. The van der Waals surface area contributed by atoms with Gasteiger partial charge < -0.3 is 10.0 Å². The molecule has 0 bridgehead atoms. The van der Waals surface area contributed by atoms with Gasteiger partial charge in [-0.1, -0.05) is 11.6 Å². The van der Waals surface area contributed by atoms with Crippen molar-refractivity contribution < 1.29 is 27.5 Å². The predicted molar refractivity (Wildman–Crippen MR) is 103 cm³/mol. The van der Waals surface area contributed by atoms with Crippen molar-refractivity contribution in [3.05, 3.63) is 52.8 Å². The second-order valence-corrected chi connectivity index (χ2v) is 7.49. The van der Waals surface area contributed by atoms with Crippen molar-refractivity contribution in [2.45, 2.75) is 25.1 Å². The van der Waals surface area contributed by atoms with Crippen LogP contribution in [0, 0.1) is 5.82 Å². The zero-order valence-electron chi connectivity index (χ0n) is 15.5. The lowest BCUT2D eigenvalue weighted by atomic mass is 10.00. The minimum atomic E-state index is -4.65. The van der Waals surface area contributed by atoms with E-state index in [1.807, 2.05) is 11.9 Å². The number of hydrogen-bond donors (Lipinski definition) is 1. The average Bonchev–Trinajstić information content (AvgIpc) is 3.03. The van der Waals surface area contributed by atoms with Gasteiger partial charge in [-0.25, -0.2) is 9.18 Å². The number of hydrogen-bond acceptors (Lipinski definition) is 2. The Bertz CT molecular complexity index is 920. The Morgan fingerprint density at radius 2 is 2.00 bits per heavy atom. The summed E-state index contributed by atoms with van der Waals surface area (Å²) in [6, 6.07) is 6.21. The molecule has 2 aromatic carbocycles. The number of amides is 1. The quantitative estimate of drug-likeness (QED) is 0.629. The molecule has 1 N–H and O–H groups in total. The minimum absolute atomic E-state index is 0.00893. The summed E-state index contributed by atoms with van der Waals surface area (Å²) in [5.74, 6) is -0.694. The van der Waals surface area contributed by atoms with Crippen LogP contribution in [0.1, 0.15) is 18.4 Å². The van der Waals surface area contributed by atoms with Gasteiger partial charge in [0, 0.05) is 23.2 Å². The Morgan fingerprint density at radius 1 is 1.28 bits per heavy atom. The number of carboxylic acid groups (broad SMARTS) is 1. The van der Waals surface area contributed by atoms with Crippen LogP contribution in [0.4, 0.5) is 28.0 Å². The van der Waals surface area contributed by atoms with Crippen LogP contribution in [0.2, 0.25) is 5.02 Å². The number of alkyl halides is 3. The van der Waals surface area contributed by atoms with Crippen molar-refractivity contribution in [2.75, 3.05) is 25.0 Å². The fraction of sp³-hybridized carbons (Fsp3) is 0.350. The molecular formula is C20H19ClF4N2O2. The molecular weight excluding hydrogens is 412 g/mol. The molecule has 3 rings (SSSR count). The molecule has 29 heavy (non-hydrogen) atoms. The lowest BCUT2D eigenvalue weighted by Gasteiger charge is -2.28. The Balaban J connectivity index is 2.10. The van der Waals surface area contributed by atoms with E-state index in [4.69, 9.17) is 11.6 Å².